The molecule has 2 fully saturated rings. The van der Waals surface area contributed by atoms with E-state index in [2.05, 4.69) is 10.4 Å². The first kappa shape index (κ1) is 15.3. The van der Waals surface area contributed by atoms with Crippen LogP contribution in [-0.2, 0) is 9.84 Å². The normalized spacial score (nSPS) is 22.0. The number of aromatic nitrogens is 2. The lowest BCUT2D eigenvalue weighted by Crippen LogP contribution is -2.45. The van der Waals surface area contributed by atoms with Crippen molar-refractivity contribution in [2.45, 2.75) is 38.6 Å². The second-order valence-electron chi connectivity index (χ2n) is 6.13. The third-order valence-corrected chi connectivity index (χ3v) is 6.12. The molecule has 2 heterocycles. The molecule has 0 unspecified atom stereocenters. The average molecular weight is 326 g/mol. The third kappa shape index (κ3) is 3.11. The zero-order valence-corrected chi connectivity index (χ0v) is 13.6. The largest absolute Gasteiger partial charge is 0.323 e. The van der Waals surface area contributed by atoms with Gasteiger partial charge in [-0.25, -0.2) is 17.9 Å². The van der Waals surface area contributed by atoms with Gasteiger partial charge in [0.15, 0.2) is 9.84 Å². The molecule has 8 heteroatoms. The van der Waals surface area contributed by atoms with Crippen LogP contribution in [0.2, 0.25) is 0 Å². The number of urea groups is 1. The highest BCUT2D eigenvalue weighted by Crippen LogP contribution is 2.32. The Morgan fingerprint density at radius 2 is 1.91 bits per heavy atom. The van der Waals surface area contributed by atoms with Crippen molar-refractivity contribution >= 4 is 21.7 Å². The Morgan fingerprint density at radius 1 is 1.27 bits per heavy atom. The van der Waals surface area contributed by atoms with Crippen molar-refractivity contribution in [3.05, 3.63) is 11.8 Å². The number of nitrogens with one attached hydrogen (secondary N) is 1. The summed E-state index contributed by atoms with van der Waals surface area (Å²) >= 11 is 0. The molecular formula is C14H22N4O3S. The molecule has 1 aliphatic carbocycles. The summed E-state index contributed by atoms with van der Waals surface area (Å²) < 4.78 is 24.8. The SMILES string of the molecule is Cc1cnn(C2CCCC2)c1NC(=O)N1CCS(=O)(=O)CC1. The first-order chi connectivity index (χ1) is 10.5. The van der Waals surface area contributed by atoms with E-state index in [4.69, 9.17) is 0 Å². The van der Waals surface area contributed by atoms with Crippen LogP contribution >= 0.6 is 0 Å². The number of nitrogens with zero attached hydrogens (tertiary/aromatic N) is 3. The zero-order chi connectivity index (χ0) is 15.7. The highest BCUT2D eigenvalue weighted by molar-refractivity contribution is 7.91. The highest BCUT2D eigenvalue weighted by Gasteiger charge is 2.27. The van der Waals surface area contributed by atoms with Crippen molar-refractivity contribution in [2.24, 2.45) is 0 Å². The maximum atomic E-state index is 12.4. The Balaban J connectivity index is 1.70. The molecule has 1 N–H and O–H groups in total. The maximum Gasteiger partial charge on any atom is 0.323 e. The van der Waals surface area contributed by atoms with E-state index in [9.17, 15) is 13.2 Å². The van der Waals surface area contributed by atoms with Gasteiger partial charge in [-0.15, -0.1) is 0 Å². The molecule has 3 rings (SSSR count). The number of aryl methyl sites for hydroxylation is 1. The molecule has 0 bridgehead atoms. The lowest BCUT2D eigenvalue weighted by molar-refractivity contribution is 0.215. The molecule has 2 amide bonds. The van der Waals surface area contributed by atoms with E-state index in [1.807, 2.05) is 11.6 Å². The molecule has 7 nitrogen and oxygen atoms in total. The van der Waals surface area contributed by atoms with E-state index in [1.54, 1.807) is 11.1 Å². The molecular weight excluding hydrogens is 304 g/mol. The summed E-state index contributed by atoms with van der Waals surface area (Å²) in [7, 11) is -2.98. The van der Waals surface area contributed by atoms with Gasteiger partial charge in [0.1, 0.15) is 5.82 Å². The number of hydrogen-bond acceptors (Lipinski definition) is 4. The van der Waals surface area contributed by atoms with Crippen LogP contribution in [0, 0.1) is 6.92 Å². The Kier molecular flexibility index (Phi) is 4.12. The fraction of sp³-hybridized carbons (Fsp3) is 0.714. The summed E-state index contributed by atoms with van der Waals surface area (Å²) in [5.41, 5.74) is 0.935. The Labute approximate surface area is 130 Å². The van der Waals surface area contributed by atoms with Crippen LogP contribution in [-0.4, -0.2) is 53.7 Å². The van der Waals surface area contributed by atoms with Crippen molar-refractivity contribution in [1.82, 2.24) is 14.7 Å². The Morgan fingerprint density at radius 3 is 2.55 bits per heavy atom. The summed E-state index contributed by atoms with van der Waals surface area (Å²) in [4.78, 5) is 13.9. The van der Waals surface area contributed by atoms with E-state index in [-0.39, 0.29) is 30.6 Å². The minimum Gasteiger partial charge on any atom is -0.322 e. The van der Waals surface area contributed by atoms with Crippen molar-refractivity contribution < 1.29 is 13.2 Å². The van der Waals surface area contributed by atoms with E-state index >= 15 is 0 Å². The maximum absolute atomic E-state index is 12.4. The Hall–Kier alpha value is -1.57. The number of rotatable bonds is 2. The predicted molar refractivity (Wildman–Crippen MR) is 83.7 cm³/mol. The summed E-state index contributed by atoms with van der Waals surface area (Å²) in [5.74, 6) is 0.827. The topological polar surface area (TPSA) is 84.3 Å². The van der Waals surface area contributed by atoms with Crippen molar-refractivity contribution in [3.8, 4) is 0 Å². The molecule has 1 saturated carbocycles. The molecule has 0 radical (unpaired) electrons. The quantitative estimate of drug-likeness (QED) is 0.894. The van der Waals surface area contributed by atoms with Crippen LogP contribution < -0.4 is 5.32 Å². The van der Waals surface area contributed by atoms with Gasteiger partial charge in [-0.3, -0.25) is 5.32 Å². The summed E-state index contributed by atoms with van der Waals surface area (Å²) in [6.45, 7) is 2.43. The predicted octanol–water partition coefficient (Wildman–Crippen LogP) is 1.57. The molecule has 1 saturated heterocycles. The number of hydrogen-bond donors (Lipinski definition) is 1. The van der Waals surface area contributed by atoms with Gasteiger partial charge in [-0.05, 0) is 19.8 Å². The van der Waals surface area contributed by atoms with Crippen LogP contribution in [0.4, 0.5) is 10.6 Å². The van der Waals surface area contributed by atoms with Gasteiger partial charge in [0.25, 0.3) is 0 Å². The van der Waals surface area contributed by atoms with Gasteiger partial charge in [0, 0.05) is 18.7 Å². The summed E-state index contributed by atoms with van der Waals surface area (Å²) in [5, 5.41) is 7.33. The van der Waals surface area contributed by atoms with E-state index < -0.39 is 9.84 Å². The number of amides is 2. The van der Waals surface area contributed by atoms with Gasteiger partial charge >= 0.3 is 6.03 Å². The second-order valence-corrected chi connectivity index (χ2v) is 8.43. The van der Waals surface area contributed by atoms with Crippen LogP contribution in [0.1, 0.15) is 37.3 Å². The average Bonchev–Trinajstić information content (AvgIpc) is 3.10. The number of carbonyl (C=O) groups is 1. The highest BCUT2D eigenvalue weighted by atomic mass is 32.2. The van der Waals surface area contributed by atoms with E-state index in [0.29, 0.717) is 6.04 Å². The Bertz CT molecular complexity index is 648. The fourth-order valence-corrected chi connectivity index (χ4v) is 4.33. The molecule has 0 atom stereocenters. The minimum absolute atomic E-state index is 0.0429. The number of anilines is 1. The zero-order valence-electron chi connectivity index (χ0n) is 12.8. The van der Waals surface area contributed by atoms with Gasteiger partial charge in [0.05, 0.1) is 23.7 Å². The molecule has 1 aromatic heterocycles. The number of carbonyl (C=O) groups excluding carboxylic acids is 1. The van der Waals surface area contributed by atoms with Crippen LogP contribution in [0.15, 0.2) is 6.20 Å². The minimum atomic E-state index is -2.98. The molecule has 0 spiro atoms. The smallest absolute Gasteiger partial charge is 0.322 e. The first-order valence-corrected chi connectivity index (χ1v) is 9.59. The van der Waals surface area contributed by atoms with Gasteiger partial charge in [-0.2, -0.15) is 5.10 Å². The van der Waals surface area contributed by atoms with Crippen molar-refractivity contribution in [3.63, 3.8) is 0 Å². The molecule has 122 valence electrons. The lowest BCUT2D eigenvalue weighted by atomic mass is 10.2. The lowest BCUT2D eigenvalue weighted by Gasteiger charge is -2.27. The number of sulfone groups is 1. The fourth-order valence-electron chi connectivity index (χ4n) is 3.13. The molecule has 1 aliphatic heterocycles. The molecule has 1 aromatic rings. The summed E-state index contributed by atoms with van der Waals surface area (Å²) in [6.07, 6.45) is 6.34. The molecule has 2 aliphatic rings. The van der Waals surface area contributed by atoms with E-state index in [1.165, 1.54) is 12.8 Å². The van der Waals surface area contributed by atoms with Crippen molar-refractivity contribution in [1.29, 1.82) is 0 Å². The van der Waals surface area contributed by atoms with Crippen LogP contribution in [0.3, 0.4) is 0 Å². The van der Waals surface area contributed by atoms with Gasteiger partial charge in [0.2, 0.25) is 0 Å². The molecule has 22 heavy (non-hydrogen) atoms. The summed E-state index contributed by atoms with van der Waals surface area (Å²) in [6, 6.07) is 0.114. The van der Waals surface area contributed by atoms with Gasteiger partial charge in [-0.1, -0.05) is 12.8 Å². The third-order valence-electron chi connectivity index (χ3n) is 4.51. The monoisotopic (exact) mass is 326 g/mol. The van der Waals surface area contributed by atoms with Crippen LogP contribution in [0.25, 0.3) is 0 Å². The van der Waals surface area contributed by atoms with Gasteiger partial charge < -0.3 is 4.90 Å². The second kappa shape index (κ2) is 5.91. The van der Waals surface area contributed by atoms with Crippen LogP contribution in [0.5, 0.6) is 0 Å². The first-order valence-electron chi connectivity index (χ1n) is 7.77. The van der Waals surface area contributed by atoms with Crippen molar-refractivity contribution in [2.75, 3.05) is 29.9 Å². The van der Waals surface area contributed by atoms with E-state index in [0.717, 1.165) is 24.2 Å². The standard InChI is InChI=1S/C14H22N4O3S/c1-11-10-15-18(12-4-2-3-5-12)13(11)16-14(19)17-6-8-22(20,21)9-7-17/h10,12H,2-9H2,1H3,(H,16,19). The molecule has 0 aromatic carbocycles.